The maximum Gasteiger partial charge on any atom is 0.311 e. The van der Waals surface area contributed by atoms with Gasteiger partial charge in [0.25, 0.3) is 0 Å². The fourth-order valence-corrected chi connectivity index (χ4v) is 17.6. The molecule has 606 valence electrons. The molecule has 0 saturated carbocycles. The topological polar surface area (TPSA) is 391 Å². The fraction of sp³-hybridized carbons (Fsp3) is 0.947. The van der Waals surface area contributed by atoms with E-state index in [0.29, 0.717) is 6.54 Å². The zero-order valence-electron chi connectivity index (χ0n) is 66.7. The van der Waals surface area contributed by atoms with Gasteiger partial charge in [0, 0.05) is 76.4 Å². The van der Waals surface area contributed by atoms with Crippen LogP contribution in [0.1, 0.15) is 190 Å². The monoisotopic (exact) mass is 1490 g/mol. The summed E-state index contributed by atoms with van der Waals surface area (Å²) in [5.74, 6) is -9.72. The Hall–Kier alpha value is -2.80. The van der Waals surface area contributed by atoms with E-state index in [0.717, 1.165) is 0 Å². The highest BCUT2D eigenvalue weighted by Crippen LogP contribution is 2.44. The number of aliphatic hydroxyl groups is 10. The number of methoxy groups -OCH3 is 2. The lowest BCUT2D eigenvalue weighted by molar-refractivity contribution is -0.318. The minimum atomic E-state index is -2.12. The van der Waals surface area contributed by atoms with E-state index in [1.807, 2.05) is 11.8 Å². The van der Waals surface area contributed by atoms with E-state index >= 15 is 0 Å². The highest BCUT2D eigenvalue weighted by atomic mass is 16.7. The quantitative estimate of drug-likeness (QED) is 0.0993. The van der Waals surface area contributed by atoms with Crippen LogP contribution in [0.2, 0.25) is 0 Å². The lowest BCUT2D eigenvalue weighted by atomic mass is 9.74. The maximum absolute atomic E-state index is 15.0. The normalized spacial score (nSPS) is 49.4. The van der Waals surface area contributed by atoms with Gasteiger partial charge in [0.1, 0.15) is 59.7 Å². The summed E-state index contributed by atoms with van der Waals surface area (Å²) in [6, 6.07) is -2.53. The molecule has 6 fully saturated rings. The largest absolute Gasteiger partial charge is 0.459 e. The molecule has 6 aliphatic rings. The molecule has 0 aromatic rings. The number of likely N-dealkylation sites (N-methyl/N-ethyl adjacent to an activating group) is 3. The highest BCUT2D eigenvalue weighted by molar-refractivity contribution is 5.83. The van der Waals surface area contributed by atoms with Gasteiger partial charge in [-0.15, -0.1) is 0 Å². The minimum absolute atomic E-state index is 0.00934. The van der Waals surface area contributed by atoms with Crippen LogP contribution in [0, 0.1) is 41.4 Å². The third-order valence-electron chi connectivity index (χ3n) is 24.5. The molecule has 29 nitrogen and oxygen atoms in total. The second kappa shape index (κ2) is 35.7. The van der Waals surface area contributed by atoms with Gasteiger partial charge in [-0.3, -0.25) is 24.1 Å². The number of hydrogen-bond donors (Lipinski definition) is 10. The smallest absolute Gasteiger partial charge is 0.311 e. The summed E-state index contributed by atoms with van der Waals surface area (Å²) < 4.78 is 76.7. The number of ether oxygens (including phenoxy) is 12. The fourth-order valence-electron chi connectivity index (χ4n) is 17.6. The number of aliphatic hydroxyl groups excluding tert-OH is 6. The summed E-state index contributed by atoms with van der Waals surface area (Å²) in [6.45, 7) is 32.5. The molecule has 6 saturated heterocycles. The Morgan fingerprint density at radius 1 is 0.538 bits per heavy atom. The molecule has 0 spiro atoms. The van der Waals surface area contributed by atoms with Gasteiger partial charge in [-0.2, -0.15) is 0 Å². The van der Waals surface area contributed by atoms with Gasteiger partial charge in [-0.1, -0.05) is 48.5 Å². The van der Waals surface area contributed by atoms with Crippen molar-refractivity contribution >= 4 is 23.6 Å². The Bertz CT molecular complexity index is 2790. The molecule has 36 atom stereocenters. The Kier molecular flexibility index (Phi) is 30.9. The predicted molar refractivity (Wildman–Crippen MR) is 378 cm³/mol. The molecule has 10 N–H and O–H groups in total. The van der Waals surface area contributed by atoms with Crippen LogP contribution in [0.15, 0.2) is 0 Å². The summed E-state index contributed by atoms with van der Waals surface area (Å²) in [6.07, 6.45) is -24.3. The van der Waals surface area contributed by atoms with Crippen molar-refractivity contribution in [2.75, 3.05) is 48.5 Å². The van der Waals surface area contributed by atoms with Crippen molar-refractivity contribution in [3.8, 4) is 0 Å². The van der Waals surface area contributed by atoms with Crippen LogP contribution in [-0.4, -0.2) is 312 Å². The number of rotatable bonds is 16. The highest BCUT2D eigenvalue weighted by Gasteiger charge is 2.57. The number of nitrogens with zero attached hydrogens (tertiary/aromatic N) is 3. The van der Waals surface area contributed by atoms with Gasteiger partial charge in [0.05, 0.1) is 102 Å². The first-order valence-electron chi connectivity index (χ1n) is 37.8. The second-order valence-corrected chi connectivity index (χ2v) is 33.6. The van der Waals surface area contributed by atoms with Crippen molar-refractivity contribution in [2.45, 2.75) is 364 Å². The summed E-state index contributed by atoms with van der Waals surface area (Å²) in [4.78, 5) is 63.6. The molecule has 29 heteroatoms. The Morgan fingerprint density at radius 2 is 0.933 bits per heavy atom. The van der Waals surface area contributed by atoms with Gasteiger partial charge < -0.3 is 118 Å². The molecular weight excluding hydrogens is 1360 g/mol. The summed E-state index contributed by atoms with van der Waals surface area (Å²) in [5, 5.41) is 121. The van der Waals surface area contributed by atoms with Crippen molar-refractivity contribution in [1.29, 1.82) is 0 Å². The van der Waals surface area contributed by atoms with Gasteiger partial charge >= 0.3 is 11.9 Å². The number of amides is 1. The van der Waals surface area contributed by atoms with Crippen LogP contribution < -0.4 is 0 Å². The number of ketones is 1. The van der Waals surface area contributed by atoms with Gasteiger partial charge in [-0.25, -0.2) is 0 Å². The standard InChI is InChI=1S/C75H135N3O26/c1-26-50-74(19,91)60(83)40(7)55(80)37(4)31-71(16,90)65(42(9)59(44(11)66(87)99-50)102-54-33-73(18,94-25)63(86)47(14)98-54)104-69-57(82)49(29-39(6)96-69)78(23)52(79)35-77(22)48-28-38(5)95-68(56(48)81)103-64-41(8)58(101-53-32-72(17,93-24)62(85)46(13)97-53)43(10)67(88)100-51(27-2)75(20,92)61(84)45(12)76(21)34-36(3)30-70(64,15)89/h36-51,53-54,56-65,68-69,81-86,89-92H,26-35H2,1-25H3/t36-,37-,38?,39?,40+,41+,42+,43-,44-,45-,46?,47?,48?,49?,50-,51-,53?,54?,56?,57?,58+,59+,60-,61-,62?,63?,64-,65-,68?,69?,70+,71+,72?,73?,74-,75-/m1/s1. The first-order chi connectivity index (χ1) is 47.9. The van der Waals surface area contributed by atoms with Gasteiger partial charge in [0.2, 0.25) is 5.91 Å². The second-order valence-electron chi connectivity index (χ2n) is 33.6. The molecule has 16 unspecified atom stereocenters. The van der Waals surface area contributed by atoms with Crippen molar-refractivity contribution in [2.24, 2.45) is 41.4 Å². The van der Waals surface area contributed by atoms with Gasteiger partial charge in [0.15, 0.2) is 25.2 Å². The van der Waals surface area contributed by atoms with Crippen LogP contribution in [0.3, 0.4) is 0 Å². The third kappa shape index (κ3) is 19.9. The van der Waals surface area contributed by atoms with E-state index in [9.17, 15) is 70.2 Å². The zero-order chi connectivity index (χ0) is 78.9. The number of carbonyl (C=O) groups is 4. The first-order valence-corrected chi connectivity index (χ1v) is 37.8. The lowest BCUT2D eigenvalue weighted by Crippen LogP contribution is -2.62. The molecule has 6 rings (SSSR count). The number of carbonyl (C=O) groups excluding carboxylic acids is 4. The summed E-state index contributed by atoms with van der Waals surface area (Å²) in [7, 11) is 7.85. The first kappa shape index (κ1) is 90.1. The number of hydrogen-bond acceptors (Lipinski definition) is 28. The van der Waals surface area contributed by atoms with E-state index in [1.165, 1.54) is 60.8 Å². The maximum atomic E-state index is 15.0. The van der Waals surface area contributed by atoms with E-state index in [2.05, 4.69) is 0 Å². The molecule has 0 aromatic heterocycles. The van der Waals surface area contributed by atoms with E-state index in [4.69, 9.17) is 56.8 Å². The van der Waals surface area contributed by atoms with Crippen LogP contribution in [0.4, 0.5) is 0 Å². The third-order valence-corrected chi connectivity index (χ3v) is 24.5. The number of esters is 2. The van der Waals surface area contributed by atoms with E-state index in [-0.39, 0.29) is 63.8 Å². The predicted octanol–water partition coefficient (Wildman–Crippen LogP) is 2.97. The van der Waals surface area contributed by atoms with Crippen LogP contribution in [-0.2, 0) is 76.0 Å². The van der Waals surface area contributed by atoms with Crippen LogP contribution in [0.25, 0.3) is 0 Å². The molecule has 6 aliphatic heterocycles. The van der Waals surface area contributed by atoms with E-state index < -0.39 is 234 Å². The zero-order valence-corrected chi connectivity index (χ0v) is 66.7. The van der Waals surface area contributed by atoms with Crippen molar-refractivity contribution < 1.29 is 127 Å². The lowest BCUT2D eigenvalue weighted by Gasteiger charge is -2.49. The number of Topliss-reactive ketones (excluding diaryl/α,β-unsaturated/α-hetero) is 1. The molecule has 0 aliphatic carbocycles. The molecular formula is C75H135N3O26. The summed E-state index contributed by atoms with van der Waals surface area (Å²) in [5.41, 5.74) is -10.2. The Labute approximate surface area is 617 Å². The molecule has 6 heterocycles. The van der Waals surface area contributed by atoms with Crippen LogP contribution >= 0.6 is 0 Å². The molecule has 104 heavy (non-hydrogen) atoms. The van der Waals surface area contributed by atoms with Crippen molar-refractivity contribution in [3.05, 3.63) is 0 Å². The van der Waals surface area contributed by atoms with Crippen LogP contribution in [0.5, 0.6) is 0 Å². The number of cyclic esters (lactones) is 2. The van der Waals surface area contributed by atoms with Crippen molar-refractivity contribution in [3.63, 3.8) is 0 Å². The molecule has 0 aromatic carbocycles. The Morgan fingerprint density at radius 3 is 1.35 bits per heavy atom. The average molecular weight is 1490 g/mol. The Balaban J connectivity index is 1.32. The SMILES string of the molecule is CC[C@H]1OC(=O)[C@H](C)[C@@H](OC2CC(C)(OC)C(O)C(C)O2)[C@H](C)[C@@H](OC2OC(C)CC(N(C)CC(=O)N(C)C3CC(C)OC(O[C@@H]4[C@@H](C)[C@H](OC5CC(C)(OC)C(O)C(C)O5)[C@@H](C)C(=O)O[C@H](CC)[C@@](C)(O)[C@H](O)[C@@H](C)C(=O)[C@H](C)C[C@]4(C)O)C3O)C2O)[C@@](C)(O)C[C@@H](C)CN(C)[C@H](C)[C@@H](O)[C@]1(C)O. The van der Waals surface area contributed by atoms with Crippen molar-refractivity contribution in [1.82, 2.24) is 14.7 Å². The molecule has 0 bridgehead atoms. The molecule has 1 amide bonds. The van der Waals surface area contributed by atoms with Gasteiger partial charge in [-0.05, 0) is 149 Å². The summed E-state index contributed by atoms with van der Waals surface area (Å²) >= 11 is 0. The van der Waals surface area contributed by atoms with E-state index in [1.54, 1.807) is 116 Å². The average Bonchev–Trinajstić information content (AvgIpc) is 0.813. The molecule has 0 radical (unpaired) electrons. The minimum Gasteiger partial charge on any atom is -0.459 e.